The molecular weight excluding hydrogens is 226 g/mol. The lowest BCUT2D eigenvalue weighted by molar-refractivity contribution is 0.0353. The van der Waals surface area contributed by atoms with Crippen molar-refractivity contribution in [3.05, 3.63) is 11.8 Å². The van der Waals surface area contributed by atoms with E-state index >= 15 is 0 Å². The summed E-state index contributed by atoms with van der Waals surface area (Å²) >= 11 is 0. The van der Waals surface area contributed by atoms with Crippen LogP contribution >= 0.6 is 0 Å². The number of rotatable bonds is 5. The summed E-state index contributed by atoms with van der Waals surface area (Å²) in [4.78, 5) is 2.59. The minimum atomic E-state index is 0.0470. The molecule has 2 unspecified atom stereocenters. The van der Waals surface area contributed by atoms with Gasteiger partial charge in [-0.2, -0.15) is 0 Å². The van der Waals surface area contributed by atoms with Crippen molar-refractivity contribution in [1.82, 2.24) is 10.3 Å². The molecule has 3 N–H and O–H groups in total. The first kappa shape index (κ1) is 13.8. The molecule has 0 saturated carbocycles. The zero-order valence-electron chi connectivity index (χ0n) is 11.7. The lowest BCUT2D eigenvalue weighted by Crippen LogP contribution is -2.62. The van der Waals surface area contributed by atoms with E-state index in [1.807, 2.05) is 0 Å². The normalized spacial score (nSPS) is 26.3. The van der Waals surface area contributed by atoms with E-state index in [9.17, 15) is 0 Å². The number of hydrogen-bond acceptors (Lipinski definition) is 4. The average molecular weight is 253 g/mol. The Hall–Kier alpha value is -0.580. The highest BCUT2D eigenvalue weighted by Gasteiger charge is 2.41. The molecule has 0 spiro atoms. The Bertz CT molecular complexity index is 299. The van der Waals surface area contributed by atoms with E-state index in [2.05, 4.69) is 30.2 Å². The number of ether oxygens (including phenoxy) is 1. The van der Waals surface area contributed by atoms with Crippen LogP contribution in [0.15, 0.2) is 11.8 Å². The van der Waals surface area contributed by atoms with Crippen LogP contribution in [0.2, 0.25) is 0 Å². The molecule has 0 aromatic carbocycles. The van der Waals surface area contributed by atoms with Gasteiger partial charge in [0.1, 0.15) is 5.76 Å². The number of piperidine rings is 1. The number of hydrazine groups is 1. The second-order valence-corrected chi connectivity index (χ2v) is 5.60. The molecule has 4 nitrogen and oxygen atoms in total. The first-order chi connectivity index (χ1) is 8.72. The molecule has 1 saturated heterocycles. The van der Waals surface area contributed by atoms with Crippen molar-refractivity contribution >= 4 is 0 Å². The Morgan fingerprint density at radius 2 is 2.17 bits per heavy atom. The number of hydrogen-bond donors (Lipinski definition) is 2. The Morgan fingerprint density at radius 3 is 2.67 bits per heavy atom. The van der Waals surface area contributed by atoms with E-state index in [-0.39, 0.29) is 11.6 Å². The molecule has 2 heterocycles. The van der Waals surface area contributed by atoms with Gasteiger partial charge in [0.2, 0.25) is 0 Å². The minimum Gasteiger partial charge on any atom is -0.496 e. The number of likely N-dealkylation sites (tertiary alicyclic amines) is 1. The van der Waals surface area contributed by atoms with Crippen LogP contribution in [-0.4, -0.2) is 36.2 Å². The number of nitrogens with zero attached hydrogens (tertiary/aromatic N) is 1. The van der Waals surface area contributed by atoms with E-state index in [1.54, 1.807) is 0 Å². The van der Waals surface area contributed by atoms with E-state index < -0.39 is 0 Å². The summed E-state index contributed by atoms with van der Waals surface area (Å²) in [5.41, 5.74) is 3.04. The summed E-state index contributed by atoms with van der Waals surface area (Å²) in [6.45, 7) is 7.71. The third kappa shape index (κ3) is 2.56. The molecule has 104 valence electrons. The third-order valence-electron chi connectivity index (χ3n) is 4.60. The van der Waals surface area contributed by atoms with E-state index in [0.717, 1.165) is 25.2 Å². The second-order valence-electron chi connectivity index (χ2n) is 5.60. The molecule has 4 heteroatoms. The molecule has 2 aliphatic rings. The molecule has 2 aliphatic heterocycles. The van der Waals surface area contributed by atoms with Crippen LogP contribution in [0.4, 0.5) is 0 Å². The Labute approximate surface area is 111 Å². The third-order valence-corrected chi connectivity index (χ3v) is 4.60. The highest BCUT2D eigenvalue weighted by Crippen LogP contribution is 2.32. The Balaban J connectivity index is 2.16. The first-order valence-corrected chi connectivity index (χ1v) is 7.26. The predicted octanol–water partition coefficient (Wildman–Crippen LogP) is 1.78. The van der Waals surface area contributed by atoms with Gasteiger partial charge < -0.3 is 4.74 Å². The van der Waals surface area contributed by atoms with Crippen LogP contribution in [0.1, 0.15) is 46.0 Å². The summed E-state index contributed by atoms with van der Waals surface area (Å²) in [5, 5.41) is 0. The minimum absolute atomic E-state index is 0.0470. The fraction of sp³-hybridized carbons (Fsp3) is 0.857. The van der Waals surface area contributed by atoms with Crippen molar-refractivity contribution in [3.63, 3.8) is 0 Å². The fourth-order valence-electron chi connectivity index (χ4n) is 3.22. The predicted molar refractivity (Wildman–Crippen MR) is 73.9 cm³/mol. The van der Waals surface area contributed by atoms with Gasteiger partial charge in [0.25, 0.3) is 0 Å². The van der Waals surface area contributed by atoms with Crippen molar-refractivity contribution in [2.24, 2.45) is 5.84 Å². The average Bonchev–Trinajstić information content (AvgIpc) is 2.94. The zero-order valence-corrected chi connectivity index (χ0v) is 11.7. The van der Waals surface area contributed by atoms with Gasteiger partial charge >= 0.3 is 0 Å². The second kappa shape index (κ2) is 6.04. The van der Waals surface area contributed by atoms with Crippen LogP contribution in [0.5, 0.6) is 0 Å². The highest BCUT2D eigenvalue weighted by molar-refractivity contribution is 5.15. The van der Waals surface area contributed by atoms with E-state index in [4.69, 9.17) is 10.6 Å². The Morgan fingerprint density at radius 1 is 1.44 bits per heavy atom. The van der Waals surface area contributed by atoms with Gasteiger partial charge in [-0.25, -0.2) is 5.43 Å². The standard InChI is InChI=1S/C14H27N3O/c1-3-14(2,17-9-5-4-6-10-17)13(16-15)12-8-7-11-18-12/h8,13,16H,3-7,9-11,15H2,1-2H3. The number of nitrogens with two attached hydrogens (primary N) is 1. The monoisotopic (exact) mass is 253 g/mol. The molecule has 0 aromatic rings. The lowest BCUT2D eigenvalue weighted by Gasteiger charge is -2.47. The van der Waals surface area contributed by atoms with Gasteiger partial charge in [0.15, 0.2) is 0 Å². The van der Waals surface area contributed by atoms with Gasteiger partial charge in [-0.1, -0.05) is 13.3 Å². The van der Waals surface area contributed by atoms with Crippen molar-refractivity contribution in [2.75, 3.05) is 19.7 Å². The molecule has 18 heavy (non-hydrogen) atoms. The van der Waals surface area contributed by atoms with Crippen LogP contribution in [0.3, 0.4) is 0 Å². The molecule has 2 rings (SSSR count). The Kier molecular flexibility index (Phi) is 4.65. The molecule has 0 bridgehead atoms. The maximum absolute atomic E-state index is 5.82. The first-order valence-electron chi connectivity index (χ1n) is 7.26. The lowest BCUT2D eigenvalue weighted by atomic mass is 9.84. The smallest absolute Gasteiger partial charge is 0.112 e. The maximum Gasteiger partial charge on any atom is 0.112 e. The van der Waals surface area contributed by atoms with Crippen molar-refractivity contribution in [2.45, 2.75) is 57.5 Å². The van der Waals surface area contributed by atoms with Gasteiger partial charge in [0.05, 0.1) is 12.6 Å². The molecule has 0 radical (unpaired) electrons. The van der Waals surface area contributed by atoms with Crippen molar-refractivity contribution in [3.8, 4) is 0 Å². The van der Waals surface area contributed by atoms with Gasteiger partial charge in [-0.05, 0) is 45.4 Å². The summed E-state index contributed by atoms with van der Waals surface area (Å²) in [6, 6.07) is 0.100. The largest absolute Gasteiger partial charge is 0.496 e. The van der Waals surface area contributed by atoms with E-state index in [0.29, 0.717) is 0 Å². The SMILES string of the molecule is CCC(C)(C(NN)C1=CCCO1)N1CCCCC1. The zero-order chi connectivity index (χ0) is 13.0. The van der Waals surface area contributed by atoms with Crippen molar-refractivity contribution < 1.29 is 4.74 Å². The van der Waals surface area contributed by atoms with Crippen molar-refractivity contribution in [1.29, 1.82) is 0 Å². The van der Waals surface area contributed by atoms with Crippen LogP contribution in [0.25, 0.3) is 0 Å². The molecule has 1 fully saturated rings. The summed E-state index contributed by atoms with van der Waals surface area (Å²) in [7, 11) is 0. The van der Waals surface area contributed by atoms with Crippen LogP contribution < -0.4 is 11.3 Å². The summed E-state index contributed by atoms with van der Waals surface area (Å²) in [5.74, 6) is 6.86. The van der Waals surface area contributed by atoms with Gasteiger partial charge in [-0.15, -0.1) is 0 Å². The fourth-order valence-corrected chi connectivity index (χ4v) is 3.22. The topological polar surface area (TPSA) is 50.5 Å². The summed E-state index contributed by atoms with van der Waals surface area (Å²) < 4.78 is 5.74. The van der Waals surface area contributed by atoms with E-state index in [1.165, 1.54) is 32.4 Å². The molecular formula is C14H27N3O. The molecule has 0 amide bonds. The highest BCUT2D eigenvalue weighted by atomic mass is 16.5. The molecule has 0 aliphatic carbocycles. The summed E-state index contributed by atoms with van der Waals surface area (Å²) in [6.07, 6.45) is 8.22. The molecule has 0 aromatic heterocycles. The van der Waals surface area contributed by atoms with Crippen LogP contribution in [0, 0.1) is 0 Å². The maximum atomic E-state index is 5.82. The number of nitrogens with one attached hydrogen (secondary N) is 1. The van der Waals surface area contributed by atoms with Gasteiger partial charge in [-0.3, -0.25) is 10.7 Å². The molecule has 2 atom stereocenters. The van der Waals surface area contributed by atoms with Gasteiger partial charge in [0, 0.05) is 12.0 Å². The van der Waals surface area contributed by atoms with Crippen LogP contribution in [-0.2, 0) is 4.74 Å². The quantitative estimate of drug-likeness (QED) is 0.579.